The first kappa shape index (κ1) is 16.2. The fraction of sp³-hybridized carbons (Fsp3) is 0.500. The largest absolute Gasteiger partial charge is 0.301 e. The van der Waals surface area contributed by atoms with E-state index in [1.54, 1.807) is 0 Å². The second-order valence-corrected chi connectivity index (χ2v) is 7.17. The quantitative estimate of drug-likeness (QED) is 0.900. The van der Waals surface area contributed by atoms with Crippen molar-refractivity contribution in [3.05, 3.63) is 36.0 Å². The van der Waals surface area contributed by atoms with E-state index in [1.807, 2.05) is 0 Å². The van der Waals surface area contributed by atoms with Crippen LogP contribution >= 0.6 is 0 Å². The van der Waals surface area contributed by atoms with Crippen LogP contribution in [0.1, 0.15) is 13.8 Å². The van der Waals surface area contributed by atoms with Gasteiger partial charge in [0.2, 0.25) is 0 Å². The number of hydrogen-bond acceptors (Lipinski definition) is 3. The van der Waals surface area contributed by atoms with Gasteiger partial charge in [-0.25, -0.2) is 4.39 Å². The Morgan fingerprint density at radius 2 is 1.90 bits per heavy atom. The molecule has 1 saturated heterocycles. The predicted molar refractivity (Wildman–Crippen MR) is 81.5 cm³/mol. The molecule has 0 aromatic heterocycles. The minimum Gasteiger partial charge on any atom is -0.300 e. The molecule has 1 aliphatic rings. The monoisotopic (exact) mass is 314 g/mol. The number of halogens is 1. The summed E-state index contributed by atoms with van der Waals surface area (Å²) in [6.07, 6.45) is 0. The Morgan fingerprint density at radius 3 is 2.48 bits per heavy atom. The van der Waals surface area contributed by atoms with E-state index in [2.05, 4.69) is 23.5 Å². The Morgan fingerprint density at radius 1 is 1.24 bits per heavy atom. The van der Waals surface area contributed by atoms with E-state index in [0.717, 1.165) is 6.54 Å². The van der Waals surface area contributed by atoms with E-state index in [-0.39, 0.29) is 5.69 Å². The van der Waals surface area contributed by atoms with Crippen molar-refractivity contribution in [2.75, 3.05) is 37.4 Å². The Balaban J connectivity index is 1.95. The number of hydrogen-bond donors (Lipinski definition) is 1. The molecule has 1 N–H and O–H groups in total. The molecule has 7 heteroatoms. The Labute approximate surface area is 125 Å². The molecule has 0 aliphatic carbocycles. The third-order valence-electron chi connectivity index (χ3n) is 3.28. The Kier molecular flexibility index (Phi) is 5.18. The van der Waals surface area contributed by atoms with Crippen molar-refractivity contribution in [2.24, 2.45) is 0 Å². The van der Waals surface area contributed by atoms with Crippen molar-refractivity contribution in [1.82, 2.24) is 9.21 Å². The number of anilines is 1. The topological polar surface area (TPSA) is 52.7 Å². The molecule has 1 aromatic carbocycles. The summed E-state index contributed by atoms with van der Waals surface area (Å²) < 4.78 is 41.4. The predicted octanol–water partition coefficient (Wildman–Crippen LogP) is 1.71. The molecule has 2 rings (SSSR count). The molecule has 21 heavy (non-hydrogen) atoms. The zero-order valence-corrected chi connectivity index (χ0v) is 13.2. The van der Waals surface area contributed by atoms with Gasteiger partial charge in [0.05, 0.1) is 5.69 Å². The van der Waals surface area contributed by atoms with Crippen molar-refractivity contribution in [3.8, 4) is 0 Å². The van der Waals surface area contributed by atoms with Gasteiger partial charge in [-0.3, -0.25) is 4.72 Å². The molecular weight excluding hydrogens is 293 g/mol. The molecule has 1 aliphatic heterocycles. The highest BCUT2D eigenvalue weighted by atomic mass is 32.2. The van der Waals surface area contributed by atoms with E-state index < -0.39 is 16.0 Å². The van der Waals surface area contributed by atoms with Crippen LogP contribution in [0.15, 0.2) is 24.3 Å². The summed E-state index contributed by atoms with van der Waals surface area (Å²) in [5, 5.41) is 0. The van der Waals surface area contributed by atoms with Gasteiger partial charge in [-0.1, -0.05) is 19.9 Å². The minimum atomic E-state index is -3.62. The summed E-state index contributed by atoms with van der Waals surface area (Å²) in [7, 11) is -3.62. The minimum absolute atomic E-state index is 0.246. The van der Waals surface area contributed by atoms with Crippen LogP contribution in [-0.4, -0.2) is 50.3 Å². The van der Waals surface area contributed by atoms with E-state index in [1.165, 1.54) is 34.5 Å². The van der Waals surface area contributed by atoms with Crippen LogP contribution in [0.2, 0.25) is 0 Å². The third-order valence-corrected chi connectivity index (χ3v) is 4.82. The summed E-state index contributed by atoms with van der Waals surface area (Å²) in [5.41, 5.74) is 0.246. The second-order valence-electron chi connectivity index (χ2n) is 5.50. The lowest BCUT2D eigenvalue weighted by Crippen LogP contribution is -2.50. The zero-order valence-electron chi connectivity index (χ0n) is 12.3. The lowest BCUT2D eigenvalue weighted by atomic mass is 10.2. The van der Waals surface area contributed by atoms with Gasteiger partial charge in [0, 0.05) is 32.7 Å². The molecule has 1 radical (unpaired) electrons. The first-order chi connectivity index (χ1) is 9.87. The van der Waals surface area contributed by atoms with Crippen LogP contribution in [0.25, 0.3) is 0 Å². The van der Waals surface area contributed by atoms with Gasteiger partial charge in [-0.2, -0.15) is 12.7 Å². The second kappa shape index (κ2) is 6.72. The fourth-order valence-electron chi connectivity index (χ4n) is 2.34. The van der Waals surface area contributed by atoms with Crippen molar-refractivity contribution < 1.29 is 12.8 Å². The van der Waals surface area contributed by atoms with Gasteiger partial charge < -0.3 is 4.90 Å². The summed E-state index contributed by atoms with van der Waals surface area (Å²) in [5.74, 6) is 0.846. The van der Waals surface area contributed by atoms with E-state index >= 15 is 0 Å². The molecular formula is C14H21FN3O2S. The molecule has 5 nitrogen and oxygen atoms in total. The van der Waals surface area contributed by atoms with E-state index in [9.17, 15) is 12.8 Å². The van der Waals surface area contributed by atoms with Crippen LogP contribution in [0.4, 0.5) is 10.1 Å². The molecule has 0 atom stereocenters. The SMILES string of the molecule is C[C](C)CN1CCN(S(=O)(=O)Nc2cccc(F)c2)CC1. The maximum absolute atomic E-state index is 13.1. The molecule has 0 bridgehead atoms. The van der Waals surface area contributed by atoms with E-state index in [0.29, 0.717) is 26.2 Å². The van der Waals surface area contributed by atoms with Crippen LogP contribution in [0.5, 0.6) is 0 Å². The van der Waals surface area contributed by atoms with Gasteiger partial charge in [0.15, 0.2) is 0 Å². The maximum atomic E-state index is 13.1. The normalized spacial score (nSPS) is 18.1. The summed E-state index contributed by atoms with van der Waals surface area (Å²) in [6.45, 7) is 7.31. The zero-order chi connectivity index (χ0) is 15.5. The molecule has 0 spiro atoms. The van der Waals surface area contributed by atoms with E-state index in [4.69, 9.17) is 0 Å². The maximum Gasteiger partial charge on any atom is 0.301 e. The number of nitrogens with one attached hydrogen (secondary N) is 1. The highest BCUT2D eigenvalue weighted by molar-refractivity contribution is 7.90. The summed E-state index contributed by atoms with van der Waals surface area (Å²) in [6, 6.07) is 5.46. The fourth-order valence-corrected chi connectivity index (χ4v) is 3.54. The number of nitrogens with zero attached hydrogens (tertiary/aromatic N) is 2. The van der Waals surface area contributed by atoms with Gasteiger partial charge in [0.25, 0.3) is 0 Å². The molecule has 0 saturated carbocycles. The molecule has 117 valence electrons. The molecule has 1 heterocycles. The summed E-state index contributed by atoms with van der Waals surface area (Å²) >= 11 is 0. The van der Waals surface area contributed by atoms with Gasteiger partial charge in [-0.05, 0) is 24.1 Å². The van der Waals surface area contributed by atoms with Crippen LogP contribution in [-0.2, 0) is 10.2 Å². The first-order valence-electron chi connectivity index (χ1n) is 6.92. The van der Waals surface area contributed by atoms with Crippen LogP contribution in [0, 0.1) is 11.7 Å². The molecule has 1 aromatic rings. The number of piperazine rings is 1. The number of rotatable bonds is 5. The van der Waals surface area contributed by atoms with Crippen LogP contribution < -0.4 is 4.72 Å². The highest BCUT2D eigenvalue weighted by Crippen LogP contribution is 2.15. The van der Waals surface area contributed by atoms with Crippen molar-refractivity contribution in [3.63, 3.8) is 0 Å². The smallest absolute Gasteiger partial charge is 0.300 e. The lowest BCUT2D eigenvalue weighted by molar-refractivity contribution is 0.195. The van der Waals surface area contributed by atoms with Gasteiger partial charge >= 0.3 is 10.2 Å². The van der Waals surface area contributed by atoms with Crippen LogP contribution in [0.3, 0.4) is 0 Å². The van der Waals surface area contributed by atoms with Crippen molar-refractivity contribution in [2.45, 2.75) is 13.8 Å². The number of benzene rings is 1. The molecule has 0 amide bonds. The lowest BCUT2D eigenvalue weighted by Gasteiger charge is -2.34. The van der Waals surface area contributed by atoms with Gasteiger partial charge in [0.1, 0.15) is 5.82 Å². The van der Waals surface area contributed by atoms with Gasteiger partial charge in [-0.15, -0.1) is 0 Å². The van der Waals surface area contributed by atoms with Crippen molar-refractivity contribution in [1.29, 1.82) is 0 Å². The Hall–Kier alpha value is -1.18. The average molecular weight is 314 g/mol. The van der Waals surface area contributed by atoms with Crippen molar-refractivity contribution >= 4 is 15.9 Å². The summed E-state index contributed by atoms with van der Waals surface area (Å²) in [4.78, 5) is 2.23. The third kappa shape index (κ3) is 4.66. The average Bonchev–Trinajstić information content (AvgIpc) is 2.38. The highest BCUT2D eigenvalue weighted by Gasteiger charge is 2.27. The molecule has 1 fully saturated rings. The Bertz CT molecular complexity index is 569. The standard InChI is InChI=1S/C14H21FN3O2S/c1-12(2)11-17-6-8-18(9-7-17)21(19,20)16-14-5-3-4-13(15)10-14/h3-5,10,16H,6-9,11H2,1-2H3. The molecule has 0 unspecified atom stereocenters. The first-order valence-corrected chi connectivity index (χ1v) is 8.36.